The second kappa shape index (κ2) is 6.26. The highest BCUT2D eigenvalue weighted by molar-refractivity contribution is 6.13. The van der Waals surface area contributed by atoms with Crippen molar-refractivity contribution in [3.8, 4) is 0 Å². The third kappa shape index (κ3) is 3.83. The van der Waals surface area contributed by atoms with E-state index in [9.17, 15) is 18.4 Å². The number of carboxylic acid groups (broad SMARTS) is 1. The Hall–Kier alpha value is -2.79. The summed E-state index contributed by atoms with van der Waals surface area (Å²) in [6.45, 7) is 0. The highest BCUT2D eigenvalue weighted by Gasteiger charge is 2.38. The van der Waals surface area contributed by atoms with Crippen molar-refractivity contribution in [1.29, 1.82) is 0 Å². The largest absolute Gasteiger partial charge is 0.478 e. The fourth-order valence-electron chi connectivity index (χ4n) is 2.12. The first-order valence-corrected chi connectivity index (χ1v) is 6.58. The number of halogens is 2. The molecule has 8 nitrogen and oxygen atoms in total. The van der Waals surface area contributed by atoms with Crippen LogP contribution in [0.4, 0.5) is 8.78 Å². The van der Waals surface area contributed by atoms with E-state index in [2.05, 4.69) is 4.98 Å². The maximum atomic E-state index is 13.5. The molecule has 25 heavy (non-hydrogen) atoms. The van der Waals surface area contributed by atoms with Gasteiger partial charge in [-0.2, -0.15) is 8.78 Å². The minimum atomic E-state index is -4.20. The van der Waals surface area contributed by atoms with E-state index in [1.165, 1.54) is 6.07 Å². The molecule has 0 aliphatic rings. The quantitative estimate of drug-likeness (QED) is 0.376. The zero-order valence-corrected chi connectivity index (χ0v) is 12.2. The summed E-state index contributed by atoms with van der Waals surface area (Å²) in [5.41, 5.74) is -4.10. The second-order valence-corrected chi connectivity index (χ2v) is 4.97. The predicted octanol–water partition coefficient (Wildman–Crippen LogP) is 0.140. The number of carbonyl (C=O) groups is 2. The Bertz CT molecular complexity index is 841. The molecule has 2 aromatic rings. The van der Waals surface area contributed by atoms with Crippen molar-refractivity contribution in [2.75, 3.05) is 0 Å². The molecule has 0 saturated heterocycles. The number of aliphatic hydroxyl groups is 4. The summed E-state index contributed by atoms with van der Waals surface area (Å²) >= 11 is 0. The Balaban J connectivity index is 2.62. The number of nitrogens with zero attached hydrogens (tertiary/aromatic N) is 1. The number of aromatic nitrogens is 1. The smallest absolute Gasteiger partial charge is 0.344 e. The van der Waals surface area contributed by atoms with Crippen LogP contribution in [0.2, 0.25) is 0 Å². The van der Waals surface area contributed by atoms with Crippen molar-refractivity contribution >= 4 is 11.8 Å². The first kappa shape index (κ1) is 18.5. The van der Waals surface area contributed by atoms with Crippen LogP contribution >= 0.6 is 0 Å². The van der Waals surface area contributed by atoms with E-state index in [1.54, 1.807) is 0 Å². The molecular weight excluding hydrogens is 344 g/mol. The minimum absolute atomic E-state index is 0.443. The van der Waals surface area contributed by atoms with E-state index in [1.807, 2.05) is 0 Å². The molecule has 0 radical (unpaired) electrons. The van der Waals surface area contributed by atoms with Gasteiger partial charge in [0.05, 0.1) is 16.7 Å². The molecular formula is C15H11F2NO7. The number of ketones is 1. The molecule has 10 heteroatoms. The molecule has 1 aromatic heterocycles. The molecule has 132 valence electrons. The van der Waals surface area contributed by atoms with E-state index in [0.29, 0.717) is 12.1 Å². The van der Waals surface area contributed by atoms with Crippen molar-refractivity contribution in [1.82, 2.24) is 4.98 Å². The molecule has 0 unspecified atom stereocenters. The monoisotopic (exact) mass is 355 g/mol. The number of aromatic carboxylic acids is 1. The summed E-state index contributed by atoms with van der Waals surface area (Å²) in [6.07, 6.45) is 1.13. The fraction of sp³-hybridized carbons (Fsp3) is 0.133. The number of hydrogen-bond acceptors (Lipinski definition) is 7. The summed E-state index contributed by atoms with van der Waals surface area (Å²) in [6, 6.07) is -4.17. The van der Waals surface area contributed by atoms with Gasteiger partial charge in [0.15, 0.2) is 0 Å². The van der Waals surface area contributed by atoms with Crippen LogP contribution in [0.15, 0.2) is 36.5 Å². The van der Waals surface area contributed by atoms with Gasteiger partial charge in [-0.05, 0) is 24.3 Å². The van der Waals surface area contributed by atoms with E-state index in [0.717, 1.165) is 18.3 Å². The first-order chi connectivity index (χ1) is 11.4. The van der Waals surface area contributed by atoms with Gasteiger partial charge in [0.1, 0.15) is 5.69 Å². The van der Waals surface area contributed by atoms with Gasteiger partial charge >= 0.3 is 18.1 Å². The van der Waals surface area contributed by atoms with Gasteiger partial charge in [-0.25, -0.2) is 4.79 Å². The number of alkyl halides is 2. The van der Waals surface area contributed by atoms with Crippen LogP contribution < -0.4 is 0 Å². The van der Waals surface area contributed by atoms with Crippen LogP contribution in [0.5, 0.6) is 0 Å². The maximum Gasteiger partial charge on any atom is 0.344 e. The number of hydrogen-bond donors (Lipinski definition) is 5. The lowest BCUT2D eigenvalue weighted by Gasteiger charge is -2.21. The van der Waals surface area contributed by atoms with Crippen molar-refractivity contribution in [2.45, 2.75) is 12.1 Å². The molecule has 5 N–H and O–H groups in total. The maximum absolute atomic E-state index is 13.5. The number of carboxylic acids is 1. The van der Waals surface area contributed by atoms with Crippen LogP contribution in [-0.2, 0) is 12.1 Å². The molecule has 0 fully saturated rings. The lowest BCUT2D eigenvalue weighted by Crippen LogP contribution is -2.28. The normalized spacial score (nSPS) is 12.1. The van der Waals surface area contributed by atoms with E-state index in [-0.39, 0.29) is 0 Å². The third-order valence-electron chi connectivity index (χ3n) is 3.22. The predicted molar refractivity (Wildman–Crippen MR) is 75.5 cm³/mol. The van der Waals surface area contributed by atoms with Crippen molar-refractivity contribution in [3.05, 3.63) is 64.5 Å². The highest BCUT2D eigenvalue weighted by Crippen LogP contribution is 2.32. The van der Waals surface area contributed by atoms with Crippen LogP contribution in [0.3, 0.4) is 0 Å². The van der Waals surface area contributed by atoms with Gasteiger partial charge in [-0.15, -0.1) is 0 Å². The summed E-state index contributed by atoms with van der Waals surface area (Å²) in [5, 5.41) is 45.0. The zero-order valence-electron chi connectivity index (χ0n) is 12.2. The van der Waals surface area contributed by atoms with Gasteiger partial charge < -0.3 is 25.5 Å². The third-order valence-corrected chi connectivity index (χ3v) is 3.22. The molecule has 0 amide bonds. The fourth-order valence-corrected chi connectivity index (χ4v) is 2.12. The zero-order chi connectivity index (χ0) is 19.0. The topological polar surface area (TPSA) is 148 Å². The van der Waals surface area contributed by atoms with Crippen molar-refractivity contribution in [3.63, 3.8) is 0 Å². The van der Waals surface area contributed by atoms with E-state index < -0.39 is 51.8 Å². The lowest BCUT2D eigenvalue weighted by molar-refractivity contribution is -0.290. The molecule has 0 bridgehead atoms. The summed E-state index contributed by atoms with van der Waals surface area (Å²) in [5.74, 6) is -2.51. The Morgan fingerprint density at radius 1 is 0.960 bits per heavy atom. The Morgan fingerprint density at radius 3 is 2.08 bits per heavy atom. The Labute approximate surface area is 138 Å². The van der Waals surface area contributed by atoms with E-state index >= 15 is 0 Å². The summed E-state index contributed by atoms with van der Waals surface area (Å²) < 4.78 is 26.8. The summed E-state index contributed by atoms with van der Waals surface area (Å²) in [4.78, 5) is 27.1. The highest BCUT2D eigenvalue weighted by atomic mass is 19.2. The number of benzene rings is 1. The second-order valence-electron chi connectivity index (χ2n) is 4.97. The standard InChI is InChI=1S/C15H11F2NO7/c16-14(22,23)9-4-3-7(6-10(9)15(17,24)25)12(19)11-8(13(20)21)2-1-5-18-11/h1-6,22-25H,(H,20,21). The Morgan fingerprint density at radius 2 is 1.56 bits per heavy atom. The Kier molecular flexibility index (Phi) is 4.64. The number of carbonyl (C=O) groups excluding carboxylic acids is 1. The van der Waals surface area contributed by atoms with Gasteiger partial charge in [0.25, 0.3) is 0 Å². The minimum Gasteiger partial charge on any atom is -0.478 e. The van der Waals surface area contributed by atoms with Gasteiger partial charge in [-0.3, -0.25) is 9.78 Å². The lowest BCUT2D eigenvalue weighted by atomic mass is 9.97. The molecule has 0 saturated carbocycles. The molecule has 1 aromatic carbocycles. The van der Waals surface area contributed by atoms with Gasteiger partial charge in [0.2, 0.25) is 5.78 Å². The van der Waals surface area contributed by atoms with Gasteiger partial charge in [-0.1, -0.05) is 6.07 Å². The van der Waals surface area contributed by atoms with Crippen LogP contribution in [0, 0.1) is 0 Å². The molecule has 0 spiro atoms. The average Bonchev–Trinajstić information content (AvgIpc) is 2.52. The number of pyridine rings is 1. The molecule has 2 rings (SSSR count). The number of rotatable bonds is 5. The molecule has 1 heterocycles. The first-order valence-electron chi connectivity index (χ1n) is 6.58. The molecule has 0 atom stereocenters. The van der Waals surface area contributed by atoms with Gasteiger partial charge in [0, 0.05) is 11.8 Å². The SMILES string of the molecule is O=C(O)c1cccnc1C(=O)c1ccc(C(O)(O)F)c(C(O)(O)F)c1. The van der Waals surface area contributed by atoms with Crippen molar-refractivity contribution in [2.24, 2.45) is 0 Å². The summed E-state index contributed by atoms with van der Waals surface area (Å²) in [7, 11) is 0. The molecule has 0 aliphatic carbocycles. The van der Waals surface area contributed by atoms with Crippen molar-refractivity contribution < 1.29 is 43.9 Å². The molecule has 0 aliphatic heterocycles. The van der Waals surface area contributed by atoms with Crippen LogP contribution in [0.25, 0.3) is 0 Å². The average molecular weight is 355 g/mol. The van der Waals surface area contributed by atoms with E-state index in [4.69, 9.17) is 25.5 Å². The van der Waals surface area contributed by atoms with Crippen LogP contribution in [0.1, 0.15) is 37.5 Å². The van der Waals surface area contributed by atoms with Crippen LogP contribution in [-0.4, -0.2) is 42.3 Å².